The van der Waals surface area contributed by atoms with Gasteiger partial charge in [0.15, 0.2) is 0 Å². The Morgan fingerprint density at radius 2 is 1.23 bits per heavy atom. The quantitative estimate of drug-likeness (QED) is 0.287. The number of hydrogen-bond donors (Lipinski definition) is 1. The van der Waals surface area contributed by atoms with E-state index in [1.54, 1.807) is 0 Å². The molecule has 0 aliphatic rings. The van der Waals surface area contributed by atoms with Crippen molar-refractivity contribution in [1.82, 2.24) is 0 Å². The minimum Gasteiger partial charge on any atom is -0.396 e. The van der Waals surface area contributed by atoms with Crippen LogP contribution in [-0.4, -0.2) is 26.7 Å². The van der Waals surface area contributed by atoms with Gasteiger partial charge in [-0.05, 0) is 44.9 Å². The van der Waals surface area contributed by atoms with Crippen LogP contribution < -0.4 is 10.4 Å². The highest BCUT2D eigenvalue weighted by Gasteiger charge is 2.46. The smallest absolute Gasteiger partial charge is 0.344 e. The molecule has 5 heteroatoms. The van der Waals surface area contributed by atoms with Gasteiger partial charge in [-0.25, -0.2) is 9.37 Å². The molecule has 2 aromatic rings. The minimum atomic E-state index is -2.22. The summed E-state index contributed by atoms with van der Waals surface area (Å²) in [5.74, 6) is -0.642. The molecule has 3 atom stereocenters. The van der Waals surface area contributed by atoms with Gasteiger partial charge in [0.1, 0.15) is 0 Å². The number of rotatable bonds is 9. The van der Waals surface area contributed by atoms with Crippen LogP contribution >= 0.6 is 0 Å². The molecule has 0 saturated carbocycles. The Bertz CT molecular complexity index is 868. The van der Waals surface area contributed by atoms with Gasteiger partial charge in [0.25, 0.3) is 0 Å². The predicted octanol–water partition coefficient (Wildman–Crippen LogP) is 5.37. The van der Waals surface area contributed by atoms with Crippen molar-refractivity contribution in [2.45, 2.75) is 68.7 Å². The highest BCUT2D eigenvalue weighted by atomic mass is 28.3. The maximum atomic E-state index is 13.8. The molecule has 0 aromatic heterocycles. The average Bonchev–Trinajstić information content (AvgIpc) is 2.75. The first-order valence-corrected chi connectivity index (χ1v) is 14.4. The highest BCUT2D eigenvalue weighted by Crippen LogP contribution is 2.47. The van der Waals surface area contributed by atoms with Crippen LogP contribution in [-0.2, 0) is 14.3 Å². The number of carbonyl (C=O) groups excluding carboxylic acids is 1. The lowest BCUT2D eigenvalue weighted by Crippen LogP contribution is -2.48. The fourth-order valence-corrected chi connectivity index (χ4v) is 6.77. The minimum absolute atomic E-state index is 0.00328. The maximum Gasteiger partial charge on any atom is 0.344 e. The van der Waals surface area contributed by atoms with Crippen LogP contribution in [0.15, 0.2) is 60.7 Å². The molecule has 4 nitrogen and oxygen atoms in total. The third-order valence-electron chi connectivity index (χ3n) is 7.12. The molecular formula is C30H46O4Si. The predicted molar refractivity (Wildman–Crippen MR) is 147 cm³/mol. The number of aliphatic hydroxyl groups excluding tert-OH is 1. The van der Waals surface area contributed by atoms with Crippen molar-refractivity contribution in [3.8, 4) is 0 Å². The molecule has 0 saturated heterocycles. The summed E-state index contributed by atoms with van der Waals surface area (Å²) < 4.78 is 6.05. The Morgan fingerprint density at radius 3 is 1.57 bits per heavy atom. The largest absolute Gasteiger partial charge is 0.396 e. The molecule has 0 heterocycles. The molecule has 2 aromatic carbocycles. The summed E-state index contributed by atoms with van der Waals surface area (Å²) in [5, 5.41) is 12.3. The van der Waals surface area contributed by atoms with Gasteiger partial charge in [-0.1, -0.05) is 123 Å². The van der Waals surface area contributed by atoms with E-state index >= 15 is 0 Å². The average molecular weight is 499 g/mol. The van der Waals surface area contributed by atoms with Crippen LogP contribution in [0.25, 0.3) is 0 Å². The fraction of sp³-hybridized carbons (Fsp3) is 0.567. The van der Waals surface area contributed by atoms with Gasteiger partial charge in [0.05, 0.1) is 5.92 Å². The van der Waals surface area contributed by atoms with Crippen molar-refractivity contribution in [2.24, 2.45) is 34.0 Å². The first-order valence-electron chi connectivity index (χ1n) is 12.7. The highest BCUT2D eigenvalue weighted by molar-refractivity contribution is 6.79. The fourth-order valence-electron chi connectivity index (χ4n) is 4.83. The van der Waals surface area contributed by atoms with E-state index in [-0.39, 0.29) is 46.6 Å². The first-order chi connectivity index (χ1) is 16.2. The molecule has 0 amide bonds. The molecule has 35 heavy (non-hydrogen) atoms. The summed E-state index contributed by atoms with van der Waals surface area (Å²) in [4.78, 5) is 19.5. The molecular weight excluding hydrogens is 452 g/mol. The zero-order valence-corrected chi connectivity index (χ0v) is 24.3. The molecule has 2 rings (SSSR count). The van der Waals surface area contributed by atoms with Crippen LogP contribution in [0.4, 0.5) is 0 Å². The van der Waals surface area contributed by atoms with Crippen LogP contribution in [0.1, 0.15) is 68.7 Å². The van der Waals surface area contributed by atoms with Gasteiger partial charge in [-0.3, -0.25) is 0 Å². The van der Waals surface area contributed by atoms with Gasteiger partial charge < -0.3 is 9.99 Å². The number of hydrogen-bond acceptors (Lipinski definition) is 4. The van der Waals surface area contributed by atoms with Crippen molar-refractivity contribution >= 4 is 25.4 Å². The SMILES string of the molecule is CC(C)(C)C(C(=O)OO[SiH](c1ccccc1)c1ccccc1)[C@@H](C[C@H](CO)C(C)(C)C)C(C)(C)C. The Morgan fingerprint density at radius 1 is 0.771 bits per heavy atom. The summed E-state index contributed by atoms with van der Waals surface area (Å²) in [6, 6.07) is 20.0. The molecule has 0 fully saturated rings. The Labute approximate surface area is 214 Å². The van der Waals surface area contributed by atoms with Crippen molar-refractivity contribution in [3.05, 3.63) is 60.7 Å². The Kier molecular flexibility index (Phi) is 9.92. The molecule has 0 bridgehead atoms. The van der Waals surface area contributed by atoms with E-state index in [1.165, 1.54) is 0 Å². The lowest BCUT2D eigenvalue weighted by Gasteiger charge is -2.45. The number of carbonyl (C=O) groups is 1. The van der Waals surface area contributed by atoms with Crippen molar-refractivity contribution in [2.75, 3.05) is 6.61 Å². The van der Waals surface area contributed by atoms with E-state index in [1.807, 2.05) is 60.7 Å². The maximum absolute atomic E-state index is 13.8. The third-order valence-corrected chi connectivity index (χ3v) is 9.39. The van der Waals surface area contributed by atoms with E-state index in [9.17, 15) is 9.90 Å². The van der Waals surface area contributed by atoms with E-state index in [0.29, 0.717) is 0 Å². The second-order valence-corrected chi connectivity index (χ2v) is 15.3. The van der Waals surface area contributed by atoms with Gasteiger partial charge >= 0.3 is 15.0 Å². The summed E-state index contributed by atoms with van der Waals surface area (Å²) in [5.41, 5.74) is -0.572. The number of benzene rings is 2. The van der Waals surface area contributed by atoms with Crippen LogP contribution in [0.5, 0.6) is 0 Å². The van der Waals surface area contributed by atoms with Crippen LogP contribution in [0.3, 0.4) is 0 Å². The summed E-state index contributed by atoms with van der Waals surface area (Å²) in [6.07, 6.45) is 0.735. The lowest BCUT2D eigenvalue weighted by molar-refractivity contribution is -0.228. The van der Waals surface area contributed by atoms with Gasteiger partial charge in [-0.2, -0.15) is 0 Å². The van der Waals surface area contributed by atoms with E-state index in [4.69, 9.17) is 9.46 Å². The topological polar surface area (TPSA) is 55.8 Å². The van der Waals surface area contributed by atoms with E-state index < -0.39 is 9.04 Å². The first kappa shape index (κ1) is 29.3. The normalized spacial score (nSPS) is 15.5. The zero-order chi connectivity index (χ0) is 26.4. The number of aliphatic hydroxyl groups is 1. The zero-order valence-electron chi connectivity index (χ0n) is 23.2. The Balaban J connectivity index is 2.37. The summed E-state index contributed by atoms with van der Waals surface area (Å²) >= 11 is 0. The monoisotopic (exact) mass is 498 g/mol. The second-order valence-electron chi connectivity index (χ2n) is 13.0. The van der Waals surface area contributed by atoms with E-state index in [2.05, 4.69) is 62.3 Å². The van der Waals surface area contributed by atoms with Crippen LogP contribution in [0.2, 0.25) is 0 Å². The van der Waals surface area contributed by atoms with Gasteiger partial charge in [0.2, 0.25) is 0 Å². The molecule has 0 spiro atoms. The van der Waals surface area contributed by atoms with Crippen molar-refractivity contribution in [3.63, 3.8) is 0 Å². The van der Waals surface area contributed by atoms with Crippen LogP contribution in [0, 0.1) is 34.0 Å². The van der Waals surface area contributed by atoms with E-state index in [0.717, 1.165) is 16.8 Å². The summed E-state index contributed by atoms with van der Waals surface area (Å²) in [7, 11) is -2.22. The lowest BCUT2D eigenvalue weighted by atomic mass is 9.60. The molecule has 1 unspecified atom stereocenters. The van der Waals surface area contributed by atoms with Gasteiger partial charge in [0, 0.05) is 6.61 Å². The van der Waals surface area contributed by atoms with Crippen molar-refractivity contribution < 1.29 is 19.4 Å². The standard InChI is InChI=1S/C30H46O4Si/c1-28(2,3)22(21-31)20-25(29(4,5)6)26(30(7,8)9)27(32)33-34-35(23-16-12-10-13-17-23)24-18-14-11-15-19-24/h10-19,22,25-26,31,35H,20-21H2,1-9H3/t22-,25-,26?/m1/s1. The summed E-state index contributed by atoms with van der Waals surface area (Å²) in [6.45, 7) is 19.3. The molecule has 1 N–H and O–H groups in total. The van der Waals surface area contributed by atoms with Crippen molar-refractivity contribution in [1.29, 1.82) is 0 Å². The third kappa shape index (κ3) is 8.30. The molecule has 194 valence electrons. The second kappa shape index (κ2) is 11.9. The Hall–Kier alpha value is -1.95. The molecule has 0 aliphatic heterocycles. The van der Waals surface area contributed by atoms with Gasteiger partial charge in [-0.15, -0.1) is 0 Å². The molecule has 0 aliphatic carbocycles. The molecule has 0 radical (unpaired) electrons.